The maximum atomic E-state index is 11.5. The van der Waals surface area contributed by atoms with Crippen molar-refractivity contribution in [3.63, 3.8) is 0 Å². The smallest absolute Gasteiger partial charge is 0.352 e. The molecular weight excluding hydrogens is 310 g/mol. The van der Waals surface area contributed by atoms with Crippen molar-refractivity contribution < 1.29 is 14.8 Å². The number of carboxylic acids is 1. The monoisotopic (exact) mass is 321 g/mol. The van der Waals surface area contributed by atoms with Crippen LogP contribution in [0.1, 0.15) is 21.6 Å². The first-order chi connectivity index (χ1) is 11.5. The number of fused-ring (bicyclic) bond motifs is 1. The Morgan fingerprint density at radius 3 is 2.71 bits per heavy atom. The number of aromatic carboxylic acids is 1. The number of nitro groups is 1. The summed E-state index contributed by atoms with van der Waals surface area (Å²) >= 11 is 0. The lowest BCUT2D eigenvalue weighted by molar-refractivity contribution is -0.384. The van der Waals surface area contributed by atoms with Crippen molar-refractivity contribution in [3.05, 3.63) is 75.5 Å². The maximum absolute atomic E-state index is 11.5. The fraction of sp³-hybridized carbons (Fsp3) is 0.0588. The van der Waals surface area contributed by atoms with Crippen LogP contribution in [0.2, 0.25) is 0 Å². The van der Waals surface area contributed by atoms with Gasteiger partial charge in [0.15, 0.2) is 0 Å². The van der Waals surface area contributed by atoms with Gasteiger partial charge in [-0.3, -0.25) is 10.1 Å². The zero-order chi connectivity index (χ0) is 17.3. The number of hydrogen-bond donors (Lipinski definition) is 1. The summed E-state index contributed by atoms with van der Waals surface area (Å²) in [6.07, 6.45) is 0. The Morgan fingerprint density at radius 1 is 1.25 bits per heavy atom. The van der Waals surface area contributed by atoms with Gasteiger partial charge in [-0.05, 0) is 23.8 Å². The van der Waals surface area contributed by atoms with E-state index in [1.54, 1.807) is 30.3 Å². The Bertz CT molecular complexity index is 1010. The molecule has 1 aromatic heterocycles. The number of benzene rings is 2. The van der Waals surface area contributed by atoms with E-state index in [1.165, 1.54) is 22.8 Å². The van der Waals surface area contributed by atoms with Gasteiger partial charge in [0.25, 0.3) is 5.69 Å². The molecule has 0 amide bonds. The van der Waals surface area contributed by atoms with Gasteiger partial charge in [-0.25, -0.2) is 4.79 Å². The van der Waals surface area contributed by atoms with Gasteiger partial charge in [0.1, 0.15) is 5.69 Å². The summed E-state index contributed by atoms with van der Waals surface area (Å²) in [5.74, 6) is -1.10. The van der Waals surface area contributed by atoms with Crippen LogP contribution >= 0.6 is 0 Å². The molecule has 0 bridgehead atoms. The number of carboxylic acid groups (broad SMARTS) is 1. The molecule has 0 saturated heterocycles. The number of aromatic nitrogens is 1. The molecule has 7 heteroatoms. The summed E-state index contributed by atoms with van der Waals surface area (Å²) < 4.78 is 1.54. The molecule has 0 unspecified atom stereocenters. The highest BCUT2D eigenvalue weighted by Crippen LogP contribution is 2.24. The molecule has 1 N–H and O–H groups in total. The summed E-state index contributed by atoms with van der Waals surface area (Å²) in [5.41, 5.74) is 1.62. The van der Waals surface area contributed by atoms with Crippen molar-refractivity contribution in [2.24, 2.45) is 0 Å². The number of non-ortho nitro benzene ring substituents is 1. The molecule has 0 saturated carbocycles. The van der Waals surface area contributed by atoms with Crippen molar-refractivity contribution in [1.29, 1.82) is 5.26 Å². The third-order valence-corrected chi connectivity index (χ3v) is 3.71. The number of carbonyl (C=O) groups is 1. The van der Waals surface area contributed by atoms with Crippen LogP contribution in [0, 0.1) is 21.4 Å². The number of nitriles is 1. The van der Waals surface area contributed by atoms with Crippen molar-refractivity contribution in [1.82, 2.24) is 4.57 Å². The molecule has 2 aromatic carbocycles. The topological polar surface area (TPSA) is 109 Å². The van der Waals surface area contributed by atoms with Crippen molar-refractivity contribution in [2.45, 2.75) is 6.54 Å². The van der Waals surface area contributed by atoms with Gasteiger partial charge in [0.2, 0.25) is 0 Å². The van der Waals surface area contributed by atoms with E-state index in [-0.39, 0.29) is 17.9 Å². The summed E-state index contributed by atoms with van der Waals surface area (Å²) in [5, 5.41) is 30.0. The first-order valence-electron chi connectivity index (χ1n) is 6.99. The number of hydrogen-bond acceptors (Lipinski definition) is 4. The minimum atomic E-state index is -1.10. The first-order valence-corrected chi connectivity index (χ1v) is 6.99. The molecule has 1 heterocycles. The van der Waals surface area contributed by atoms with E-state index < -0.39 is 10.9 Å². The summed E-state index contributed by atoms with van der Waals surface area (Å²) in [6.45, 7) is 0.154. The zero-order valence-corrected chi connectivity index (χ0v) is 12.3. The van der Waals surface area contributed by atoms with E-state index in [2.05, 4.69) is 0 Å². The SMILES string of the molecule is N#Cc1ccc2cc(C(=O)O)n(Cc3cccc([N+](=O)[O-])c3)c2c1. The quantitative estimate of drug-likeness (QED) is 0.586. The molecule has 0 aliphatic heterocycles. The Hall–Kier alpha value is -3.66. The second-order valence-electron chi connectivity index (χ2n) is 5.23. The molecule has 0 aliphatic carbocycles. The third kappa shape index (κ3) is 2.68. The molecule has 7 nitrogen and oxygen atoms in total. The third-order valence-electron chi connectivity index (χ3n) is 3.71. The standard InChI is InChI=1S/C17H11N3O4/c18-9-11-4-5-13-8-16(17(21)22)19(15(13)7-11)10-12-2-1-3-14(6-12)20(23)24/h1-8H,10H2,(H,21,22). The number of nitro benzene ring substituents is 1. The van der Waals surface area contributed by atoms with Crippen LogP contribution in [-0.4, -0.2) is 20.6 Å². The molecule has 0 atom stereocenters. The van der Waals surface area contributed by atoms with Crippen LogP contribution in [0.4, 0.5) is 5.69 Å². The second-order valence-corrected chi connectivity index (χ2v) is 5.23. The first kappa shape index (κ1) is 15.2. The Labute approximate surface area is 136 Å². The molecule has 0 aliphatic rings. The van der Waals surface area contributed by atoms with Gasteiger partial charge in [-0.15, -0.1) is 0 Å². The molecule has 0 spiro atoms. The molecule has 24 heavy (non-hydrogen) atoms. The molecular formula is C17H11N3O4. The van der Waals surface area contributed by atoms with Gasteiger partial charge in [0, 0.05) is 24.1 Å². The van der Waals surface area contributed by atoms with E-state index in [4.69, 9.17) is 5.26 Å². The van der Waals surface area contributed by atoms with E-state index >= 15 is 0 Å². The van der Waals surface area contributed by atoms with Crippen LogP contribution in [0.3, 0.4) is 0 Å². The van der Waals surface area contributed by atoms with E-state index in [9.17, 15) is 20.0 Å². The van der Waals surface area contributed by atoms with Crippen molar-refractivity contribution in [3.8, 4) is 6.07 Å². The number of rotatable bonds is 4. The molecule has 3 rings (SSSR count). The van der Waals surface area contributed by atoms with Gasteiger partial charge in [0.05, 0.1) is 22.1 Å². The van der Waals surface area contributed by atoms with E-state index in [0.717, 1.165) is 0 Å². The average Bonchev–Trinajstić information content (AvgIpc) is 2.93. The Morgan fingerprint density at radius 2 is 2.04 bits per heavy atom. The van der Waals surface area contributed by atoms with Gasteiger partial charge in [-0.2, -0.15) is 5.26 Å². The molecule has 0 fully saturated rings. The second kappa shape index (κ2) is 5.85. The predicted octanol–water partition coefficient (Wildman–Crippen LogP) is 3.17. The molecule has 118 valence electrons. The average molecular weight is 321 g/mol. The highest BCUT2D eigenvalue weighted by atomic mass is 16.6. The normalized spacial score (nSPS) is 10.5. The van der Waals surface area contributed by atoms with Crippen LogP contribution in [0.25, 0.3) is 10.9 Å². The van der Waals surface area contributed by atoms with Gasteiger partial charge >= 0.3 is 5.97 Å². The largest absolute Gasteiger partial charge is 0.477 e. The van der Waals surface area contributed by atoms with Crippen LogP contribution in [0.15, 0.2) is 48.5 Å². The highest BCUT2D eigenvalue weighted by molar-refractivity contribution is 5.95. The Balaban J connectivity index is 2.15. The van der Waals surface area contributed by atoms with Crippen molar-refractivity contribution >= 4 is 22.6 Å². The van der Waals surface area contributed by atoms with Gasteiger partial charge < -0.3 is 9.67 Å². The Kier molecular flexibility index (Phi) is 3.72. The lowest BCUT2D eigenvalue weighted by Crippen LogP contribution is -2.09. The van der Waals surface area contributed by atoms with Crippen LogP contribution < -0.4 is 0 Å². The lowest BCUT2D eigenvalue weighted by atomic mass is 10.1. The molecule has 0 radical (unpaired) electrons. The summed E-state index contributed by atoms with van der Waals surface area (Å²) in [4.78, 5) is 21.9. The predicted molar refractivity (Wildman–Crippen MR) is 85.8 cm³/mol. The minimum absolute atomic E-state index is 0.0569. The zero-order valence-electron chi connectivity index (χ0n) is 12.3. The van der Waals surface area contributed by atoms with E-state index in [0.29, 0.717) is 22.0 Å². The van der Waals surface area contributed by atoms with Gasteiger partial charge in [-0.1, -0.05) is 18.2 Å². The summed E-state index contributed by atoms with van der Waals surface area (Å²) in [7, 11) is 0. The summed E-state index contributed by atoms with van der Waals surface area (Å²) in [6, 6.07) is 14.5. The maximum Gasteiger partial charge on any atom is 0.352 e. The lowest BCUT2D eigenvalue weighted by Gasteiger charge is -2.09. The minimum Gasteiger partial charge on any atom is -0.477 e. The number of nitrogens with zero attached hydrogens (tertiary/aromatic N) is 3. The van der Waals surface area contributed by atoms with Crippen molar-refractivity contribution in [2.75, 3.05) is 0 Å². The molecule has 3 aromatic rings. The van der Waals surface area contributed by atoms with E-state index in [1.807, 2.05) is 6.07 Å². The highest BCUT2D eigenvalue weighted by Gasteiger charge is 2.16. The van der Waals surface area contributed by atoms with Crippen LogP contribution in [0.5, 0.6) is 0 Å². The fourth-order valence-electron chi connectivity index (χ4n) is 2.62. The fourth-order valence-corrected chi connectivity index (χ4v) is 2.62. The van der Waals surface area contributed by atoms with Crippen LogP contribution in [-0.2, 0) is 6.54 Å².